The van der Waals surface area contributed by atoms with Crippen molar-refractivity contribution >= 4 is 13.8 Å². The van der Waals surface area contributed by atoms with Gasteiger partial charge in [0, 0.05) is 14.7 Å². The fraction of sp³-hybridized carbons (Fsp3) is 0.769. The fourth-order valence-corrected chi connectivity index (χ4v) is 2.72. The Bertz CT molecular complexity index is 548. The number of aromatic nitrogens is 2. The number of ether oxygens (including phenoxy) is 3. The van der Waals surface area contributed by atoms with Crippen LogP contribution in [-0.4, -0.2) is 54.9 Å². The number of rotatable bonds is 8. The SMILES string of the molecule is C[Si](C)(C)CCOCn1cc([N+](=O)[O-])c(O[C@@H]2COC[C@H]2F)n1. The first-order chi connectivity index (χ1) is 10.8. The van der Waals surface area contributed by atoms with Gasteiger partial charge < -0.3 is 14.2 Å². The van der Waals surface area contributed by atoms with Crippen LogP contribution in [0.3, 0.4) is 0 Å². The van der Waals surface area contributed by atoms with Crippen LogP contribution in [0.25, 0.3) is 0 Å². The van der Waals surface area contributed by atoms with Crippen molar-refractivity contribution in [3.05, 3.63) is 16.3 Å². The molecule has 2 heterocycles. The number of hydrogen-bond acceptors (Lipinski definition) is 6. The van der Waals surface area contributed by atoms with Crippen molar-refractivity contribution in [1.82, 2.24) is 9.78 Å². The molecule has 0 unspecified atom stereocenters. The third-order valence-electron chi connectivity index (χ3n) is 3.35. The Hall–Kier alpha value is -1.52. The Balaban J connectivity index is 1.96. The highest BCUT2D eigenvalue weighted by Gasteiger charge is 2.33. The zero-order valence-corrected chi connectivity index (χ0v) is 14.5. The van der Waals surface area contributed by atoms with Gasteiger partial charge in [0.05, 0.1) is 18.1 Å². The highest BCUT2D eigenvalue weighted by atomic mass is 28.3. The summed E-state index contributed by atoms with van der Waals surface area (Å²) in [4.78, 5) is 10.5. The molecule has 1 aliphatic heterocycles. The van der Waals surface area contributed by atoms with Gasteiger partial charge in [-0.3, -0.25) is 10.1 Å². The first-order valence-corrected chi connectivity index (χ1v) is 11.1. The smallest absolute Gasteiger partial charge is 0.350 e. The fourth-order valence-electron chi connectivity index (χ4n) is 1.96. The van der Waals surface area contributed by atoms with Gasteiger partial charge in [-0.1, -0.05) is 19.6 Å². The molecular formula is C13H22FN3O5Si. The zero-order chi connectivity index (χ0) is 17.0. The Morgan fingerprint density at radius 2 is 2.26 bits per heavy atom. The molecule has 0 spiro atoms. The van der Waals surface area contributed by atoms with Crippen LogP contribution >= 0.6 is 0 Å². The molecule has 0 radical (unpaired) electrons. The van der Waals surface area contributed by atoms with Crippen molar-refractivity contribution in [2.45, 2.75) is 44.7 Å². The molecule has 2 atom stereocenters. The minimum absolute atomic E-state index is 0.0535. The van der Waals surface area contributed by atoms with E-state index < -0.39 is 25.3 Å². The first kappa shape index (κ1) is 17.8. The molecule has 2 rings (SSSR count). The van der Waals surface area contributed by atoms with Gasteiger partial charge in [0.1, 0.15) is 12.9 Å². The predicted molar refractivity (Wildman–Crippen MR) is 83.1 cm³/mol. The molecule has 23 heavy (non-hydrogen) atoms. The summed E-state index contributed by atoms with van der Waals surface area (Å²) in [6.07, 6.45) is -0.954. The van der Waals surface area contributed by atoms with Crippen LogP contribution in [-0.2, 0) is 16.2 Å². The average molecular weight is 347 g/mol. The maximum Gasteiger partial charge on any atom is 0.350 e. The van der Waals surface area contributed by atoms with E-state index in [1.165, 1.54) is 10.9 Å². The molecule has 1 aliphatic rings. The second-order valence-corrected chi connectivity index (χ2v) is 12.3. The van der Waals surface area contributed by atoms with E-state index in [2.05, 4.69) is 24.7 Å². The summed E-state index contributed by atoms with van der Waals surface area (Å²) in [5, 5.41) is 15.0. The van der Waals surface area contributed by atoms with Crippen LogP contribution in [0.5, 0.6) is 5.88 Å². The highest BCUT2D eigenvalue weighted by molar-refractivity contribution is 6.76. The second-order valence-electron chi connectivity index (χ2n) is 6.67. The lowest BCUT2D eigenvalue weighted by Gasteiger charge is -2.15. The van der Waals surface area contributed by atoms with Gasteiger partial charge in [0.2, 0.25) is 0 Å². The molecule has 1 saturated heterocycles. The number of halogens is 1. The number of nitro groups is 1. The van der Waals surface area contributed by atoms with E-state index in [1.54, 1.807) is 0 Å². The van der Waals surface area contributed by atoms with Gasteiger partial charge in [-0.05, 0) is 6.04 Å². The Labute approximate surface area is 134 Å². The van der Waals surface area contributed by atoms with Crippen LogP contribution in [0.2, 0.25) is 25.7 Å². The molecule has 0 bridgehead atoms. The van der Waals surface area contributed by atoms with Crippen LogP contribution in [0.1, 0.15) is 0 Å². The largest absolute Gasteiger partial charge is 0.463 e. The monoisotopic (exact) mass is 347 g/mol. The van der Waals surface area contributed by atoms with Gasteiger partial charge in [0.15, 0.2) is 12.3 Å². The van der Waals surface area contributed by atoms with Crippen LogP contribution in [0, 0.1) is 10.1 Å². The minimum atomic E-state index is -1.31. The quantitative estimate of drug-likeness (QED) is 0.310. The summed E-state index contributed by atoms with van der Waals surface area (Å²) in [7, 11) is -1.19. The highest BCUT2D eigenvalue weighted by Crippen LogP contribution is 2.27. The molecule has 130 valence electrons. The van der Waals surface area contributed by atoms with Crippen molar-refractivity contribution in [1.29, 1.82) is 0 Å². The lowest BCUT2D eigenvalue weighted by molar-refractivity contribution is -0.386. The van der Waals surface area contributed by atoms with Gasteiger partial charge >= 0.3 is 11.6 Å². The van der Waals surface area contributed by atoms with Crippen LogP contribution in [0.4, 0.5) is 10.1 Å². The normalized spacial score (nSPS) is 21.6. The topological polar surface area (TPSA) is 88.7 Å². The molecule has 0 saturated carbocycles. The van der Waals surface area contributed by atoms with Crippen molar-refractivity contribution in [3.8, 4) is 5.88 Å². The molecule has 8 nitrogen and oxygen atoms in total. The number of alkyl halides is 1. The lowest BCUT2D eigenvalue weighted by atomic mass is 10.3. The maximum absolute atomic E-state index is 13.5. The Morgan fingerprint density at radius 3 is 2.83 bits per heavy atom. The van der Waals surface area contributed by atoms with E-state index in [1.807, 2.05) is 0 Å². The lowest BCUT2D eigenvalue weighted by Crippen LogP contribution is -2.27. The van der Waals surface area contributed by atoms with E-state index >= 15 is 0 Å². The summed E-state index contributed by atoms with van der Waals surface area (Å²) in [5.41, 5.74) is -0.308. The molecule has 1 aromatic rings. The second kappa shape index (κ2) is 7.36. The van der Waals surface area contributed by atoms with Crippen molar-refractivity contribution in [2.75, 3.05) is 19.8 Å². The van der Waals surface area contributed by atoms with Gasteiger partial charge in [0.25, 0.3) is 0 Å². The first-order valence-electron chi connectivity index (χ1n) is 7.44. The average Bonchev–Trinajstić information content (AvgIpc) is 3.02. The van der Waals surface area contributed by atoms with E-state index in [-0.39, 0.29) is 31.5 Å². The van der Waals surface area contributed by atoms with Gasteiger partial charge in [-0.2, -0.15) is 0 Å². The Kier molecular flexibility index (Phi) is 5.71. The predicted octanol–water partition coefficient (Wildman–Crippen LogP) is 2.22. The third kappa shape index (κ3) is 5.25. The van der Waals surface area contributed by atoms with Gasteiger partial charge in [-0.25, -0.2) is 9.07 Å². The Morgan fingerprint density at radius 1 is 1.52 bits per heavy atom. The molecule has 0 N–H and O–H groups in total. The van der Waals surface area contributed by atoms with Crippen LogP contribution in [0.15, 0.2) is 6.20 Å². The molecule has 1 aromatic heterocycles. The van der Waals surface area contributed by atoms with Gasteiger partial charge in [-0.15, -0.1) is 5.10 Å². The summed E-state index contributed by atoms with van der Waals surface area (Å²) < 4.78 is 30.5. The maximum atomic E-state index is 13.5. The molecule has 1 fully saturated rings. The van der Waals surface area contributed by atoms with Crippen molar-refractivity contribution in [3.63, 3.8) is 0 Å². The van der Waals surface area contributed by atoms with Crippen LogP contribution < -0.4 is 4.74 Å². The summed E-state index contributed by atoms with van der Waals surface area (Å²) in [6, 6.07) is 0.989. The third-order valence-corrected chi connectivity index (χ3v) is 5.06. The van der Waals surface area contributed by atoms with E-state index in [0.717, 1.165) is 6.04 Å². The van der Waals surface area contributed by atoms with Crippen molar-refractivity contribution < 1.29 is 23.5 Å². The van der Waals surface area contributed by atoms with Crippen molar-refractivity contribution in [2.24, 2.45) is 0 Å². The molecule has 0 aliphatic carbocycles. The summed E-state index contributed by atoms with van der Waals surface area (Å²) in [5.74, 6) is -0.207. The summed E-state index contributed by atoms with van der Waals surface area (Å²) >= 11 is 0. The minimum Gasteiger partial charge on any atom is -0.463 e. The number of nitrogens with zero attached hydrogens (tertiary/aromatic N) is 3. The molecule has 0 amide bonds. The van der Waals surface area contributed by atoms with E-state index in [0.29, 0.717) is 6.61 Å². The zero-order valence-electron chi connectivity index (χ0n) is 13.5. The standard InChI is InChI=1S/C13H22FN3O5Si/c1-23(2,3)5-4-20-9-16-6-11(17(18)19)13(15-16)22-12-8-21-7-10(12)14/h6,10,12H,4-5,7-9H2,1-3H3/t10-,12-/m1/s1. The van der Waals surface area contributed by atoms with E-state index in [4.69, 9.17) is 14.2 Å². The summed E-state index contributed by atoms with van der Waals surface area (Å²) in [6.45, 7) is 7.35. The van der Waals surface area contributed by atoms with E-state index in [9.17, 15) is 14.5 Å². The number of hydrogen-bond donors (Lipinski definition) is 0. The molecule has 10 heteroatoms. The molecular weight excluding hydrogens is 325 g/mol. The molecule has 0 aromatic carbocycles.